The van der Waals surface area contributed by atoms with Gasteiger partial charge in [-0.2, -0.15) is 10.2 Å². The van der Waals surface area contributed by atoms with E-state index in [0.29, 0.717) is 19.4 Å². The molecule has 7 heteroatoms. The van der Waals surface area contributed by atoms with Crippen molar-refractivity contribution in [1.29, 1.82) is 0 Å². The summed E-state index contributed by atoms with van der Waals surface area (Å²) in [5.41, 5.74) is 7.08. The molecule has 172 valence electrons. The third kappa shape index (κ3) is 4.29. The standard InChI is InChI=1S/C27H28N6O/c1-19-23(20(2)33-27(29-19)24-11-7-8-12-25(24)30-33)13-14-26(34)31(3)16-22-15-28-32(18-22)17-21-9-5-4-6-10-21/h4-12,15,18H,13-14,16-17H2,1-3H3. The van der Waals surface area contributed by atoms with Crippen LogP contribution in [0.5, 0.6) is 0 Å². The van der Waals surface area contributed by atoms with Crippen molar-refractivity contribution in [3.8, 4) is 0 Å². The average Bonchev–Trinajstić information content (AvgIpc) is 3.43. The van der Waals surface area contributed by atoms with Crippen molar-refractivity contribution in [2.24, 2.45) is 0 Å². The maximum Gasteiger partial charge on any atom is 0.222 e. The molecule has 3 aromatic heterocycles. The van der Waals surface area contributed by atoms with Crippen molar-refractivity contribution >= 4 is 22.5 Å². The SMILES string of the molecule is Cc1nc2c3ccccc3nn2c(C)c1CCC(=O)N(C)Cc1cnn(Cc2ccccc2)c1. The summed E-state index contributed by atoms with van der Waals surface area (Å²) in [6.07, 6.45) is 4.89. The highest BCUT2D eigenvalue weighted by Crippen LogP contribution is 2.23. The summed E-state index contributed by atoms with van der Waals surface area (Å²) in [5.74, 6) is 0.0975. The largest absolute Gasteiger partial charge is 0.341 e. The van der Waals surface area contributed by atoms with Crippen molar-refractivity contribution < 1.29 is 4.79 Å². The number of carbonyl (C=O) groups is 1. The van der Waals surface area contributed by atoms with Gasteiger partial charge >= 0.3 is 0 Å². The summed E-state index contributed by atoms with van der Waals surface area (Å²) in [4.78, 5) is 19.5. The van der Waals surface area contributed by atoms with Crippen LogP contribution >= 0.6 is 0 Å². The predicted molar refractivity (Wildman–Crippen MR) is 133 cm³/mol. The van der Waals surface area contributed by atoms with Crippen LogP contribution in [-0.2, 0) is 24.3 Å². The topological polar surface area (TPSA) is 68.3 Å². The Balaban J connectivity index is 1.25. The number of nitrogens with zero attached hydrogens (tertiary/aromatic N) is 6. The van der Waals surface area contributed by atoms with E-state index in [1.165, 1.54) is 5.56 Å². The van der Waals surface area contributed by atoms with Gasteiger partial charge in [-0.1, -0.05) is 42.5 Å². The minimum absolute atomic E-state index is 0.0975. The molecule has 3 heterocycles. The summed E-state index contributed by atoms with van der Waals surface area (Å²) in [5, 5.41) is 10.2. The maximum absolute atomic E-state index is 12.9. The van der Waals surface area contributed by atoms with Gasteiger partial charge in [0.15, 0.2) is 5.65 Å². The van der Waals surface area contributed by atoms with Crippen LogP contribution in [0.25, 0.3) is 16.6 Å². The van der Waals surface area contributed by atoms with Crippen molar-refractivity contribution in [2.75, 3.05) is 7.05 Å². The molecule has 0 saturated heterocycles. The molecule has 0 bridgehead atoms. The van der Waals surface area contributed by atoms with Gasteiger partial charge in [0, 0.05) is 48.5 Å². The summed E-state index contributed by atoms with van der Waals surface area (Å²) < 4.78 is 3.81. The first kappa shape index (κ1) is 21.8. The molecule has 0 fully saturated rings. The van der Waals surface area contributed by atoms with Gasteiger partial charge in [-0.15, -0.1) is 0 Å². The van der Waals surface area contributed by atoms with Crippen LogP contribution in [-0.4, -0.2) is 42.2 Å². The molecule has 7 nitrogen and oxygen atoms in total. The normalized spacial score (nSPS) is 11.4. The summed E-state index contributed by atoms with van der Waals surface area (Å²) in [7, 11) is 1.85. The quantitative estimate of drug-likeness (QED) is 0.369. The second-order valence-electron chi connectivity index (χ2n) is 8.80. The van der Waals surface area contributed by atoms with Crippen LogP contribution in [0.15, 0.2) is 67.0 Å². The maximum atomic E-state index is 12.9. The number of amides is 1. The monoisotopic (exact) mass is 452 g/mol. The van der Waals surface area contributed by atoms with E-state index in [-0.39, 0.29) is 5.91 Å². The molecule has 5 aromatic rings. The lowest BCUT2D eigenvalue weighted by Crippen LogP contribution is -2.26. The van der Waals surface area contributed by atoms with E-state index >= 15 is 0 Å². The van der Waals surface area contributed by atoms with E-state index in [2.05, 4.69) is 24.2 Å². The Morgan fingerprint density at radius 2 is 1.76 bits per heavy atom. The fourth-order valence-corrected chi connectivity index (χ4v) is 4.47. The van der Waals surface area contributed by atoms with Gasteiger partial charge in [0.1, 0.15) is 0 Å². The Bertz CT molecular complexity index is 1470. The lowest BCUT2D eigenvalue weighted by atomic mass is 10.1. The molecule has 1 amide bonds. The van der Waals surface area contributed by atoms with E-state index in [9.17, 15) is 4.79 Å². The lowest BCUT2D eigenvalue weighted by molar-refractivity contribution is -0.130. The minimum atomic E-state index is 0.0975. The number of rotatable bonds is 7. The smallest absolute Gasteiger partial charge is 0.222 e. The van der Waals surface area contributed by atoms with Crippen molar-refractivity contribution in [1.82, 2.24) is 29.3 Å². The minimum Gasteiger partial charge on any atom is -0.341 e. The fraction of sp³-hybridized carbons (Fsp3) is 0.259. The van der Waals surface area contributed by atoms with Crippen molar-refractivity contribution in [3.63, 3.8) is 0 Å². The molecule has 5 rings (SSSR count). The number of fused-ring (bicyclic) bond motifs is 3. The molecular weight excluding hydrogens is 424 g/mol. The highest BCUT2D eigenvalue weighted by atomic mass is 16.2. The van der Waals surface area contributed by atoms with Gasteiger partial charge in [0.2, 0.25) is 5.91 Å². The summed E-state index contributed by atoms with van der Waals surface area (Å²) in [6, 6.07) is 18.3. The molecule has 0 N–H and O–H groups in total. The van der Waals surface area contributed by atoms with E-state index < -0.39 is 0 Å². The van der Waals surface area contributed by atoms with E-state index in [4.69, 9.17) is 10.1 Å². The van der Waals surface area contributed by atoms with Gasteiger partial charge in [0.05, 0.1) is 18.3 Å². The van der Waals surface area contributed by atoms with Crippen LogP contribution in [0.3, 0.4) is 0 Å². The molecular formula is C27H28N6O. The Morgan fingerprint density at radius 1 is 1.00 bits per heavy atom. The highest BCUT2D eigenvalue weighted by Gasteiger charge is 2.16. The van der Waals surface area contributed by atoms with Gasteiger partial charge in [-0.05, 0) is 43.5 Å². The molecule has 0 aliphatic heterocycles. The Labute approximate surface area is 198 Å². The number of carbonyl (C=O) groups excluding carboxylic acids is 1. The molecule has 0 atom stereocenters. The summed E-state index contributed by atoms with van der Waals surface area (Å²) >= 11 is 0. The van der Waals surface area contributed by atoms with Crippen LogP contribution in [0.4, 0.5) is 0 Å². The molecule has 0 aliphatic carbocycles. The zero-order chi connectivity index (χ0) is 23.7. The van der Waals surface area contributed by atoms with Crippen LogP contribution in [0.2, 0.25) is 0 Å². The van der Waals surface area contributed by atoms with Gasteiger partial charge in [0.25, 0.3) is 0 Å². The van der Waals surface area contributed by atoms with Gasteiger partial charge in [-0.25, -0.2) is 9.50 Å². The zero-order valence-corrected chi connectivity index (χ0v) is 19.8. The molecule has 0 spiro atoms. The molecule has 0 aliphatic rings. The van der Waals surface area contributed by atoms with Crippen LogP contribution in [0, 0.1) is 13.8 Å². The number of benzene rings is 2. The first-order chi connectivity index (χ1) is 16.5. The number of aryl methyl sites for hydroxylation is 2. The second-order valence-corrected chi connectivity index (χ2v) is 8.80. The van der Waals surface area contributed by atoms with Crippen LogP contribution < -0.4 is 0 Å². The van der Waals surface area contributed by atoms with Gasteiger partial charge < -0.3 is 4.90 Å². The molecule has 34 heavy (non-hydrogen) atoms. The van der Waals surface area contributed by atoms with Crippen LogP contribution in [0.1, 0.15) is 34.5 Å². The predicted octanol–water partition coefficient (Wildman–Crippen LogP) is 4.34. The van der Waals surface area contributed by atoms with E-state index in [1.807, 2.05) is 78.0 Å². The van der Waals surface area contributed by atoms with Crippen molar-refractivity contribution in [2.45, 2.75) is 39.8 Å². The Hall–Kier alpha value is -4.00. The van der Waals surface area contributed by atoms with Crippen molar-refractivity contribution in [3.05, 3.63) is 95.1 Å². The third-order valence-electron chi connectivity index (χ3n) is 6.33. The summed E-state index contributed by atoms with van der Waals surface area (Å²) in [6.45, 7) is 5.32. The number of aromatic nitrogens is 5. The highest BCUT2D eigenvalue weighted by molar-refractivity contribution is 5.92. The fourth-order valence-electron chi connectivity index (χ4n) is 4.47. The lowest BCUT2D eigenvalue weighted by Gasteiger charge is -2.17. The van der Waals surface area contributed by atoms with Gasteiger partial charge in [-0.3, -0.25) is 9.48 Å². The molecule has 0 radical (unpaired) electrons. The second kappa shape index (κ2) is 9.09. The first-order valence-electron chi connectivity index (χ1n) is 11.5. The first-order valence-corrected chi connectivity index (χ1v) is 11.5. The molecule has 0 saturated carbocycles. The van der Waals surface area contributed by atoms with E-state index in [1.54, 1.807) is 4.90 Å². The number of hydrogen-bond acceptors (Lipinski definition) is 4. The Morgan fingerprint density at radius 3 is 2.59 bits per heavy atom. The Kier molecular flexibility index (Phi) is 5.84. The molecule has 2 aromatic carbocycles. The third-order valence-corrected chi connectivity index (χ3v) is 6.33. The average molecular weight is 453 g/mol. The van der Waals surface area contributed by atoms with E-state index in [0.717, 1.165) is 45.6 Å². The number of hydrogen-bond donors (Lipinski definition) is 0. The zero-order valence-electron chi connectivity index (χ0n) is 19.8. The molecule has 0 unspecified atom stereocenters.